The summed E-state index contributed by atoms with van der Waals surface area (Å²) < 4.78 is 5.74. The van der Waals surface area contributed by atoms with Crippen LogP contribution in [0.2, 0.25) is 5.02 Å². The minimum absolute atomic E-state index is 0.723. The Morgan fingerprint density at radius 2 is 1.90 bits per heavy atom. The van der Waals surface area contributed by atoms with E-state index in [-0.39, 0.29) is 0 Å². The first-order chi connectivity index (χ1) is 10.3. The highest BCUT2D eigenvalue weighted by molar-refractivity contribution is 6.30. The van der Waals surface area contributed by atoms with Crippen molar-refractivity contribution in [2.75, 3.05) is 18.5 Å². The lowest BCUT2D eigenvalue weighted by Crippen LogP contribution is -2.06. The molecule has 0 aliphatic rings. The molecule has 0 fully saturated rings. The second kappa shape index (κ2) is 8.58. The maximum Gasteiger partial charge on any atom is 0.142 e. The molecule has 112 valence electrons. The largest absolute Gasteiger partial charge is 0.491 e. The zero-order valence-corrected chi connectivity index (χ0v) is 13.2. The summed E-state index contributed by atoms with van der Waals surface area (Å²) in [5.74, 6) is 0.876. The van der Waals surface area contributed by atoms with Crippen LogP contribution in [0.1, 0.15) is 25.3 Å². The number of ether oxygens (including phenoxy) is 1. The minimum atomic E-state index is 0.723. The predicted octanol–water partition coefficient (Wildman–Crippen LogP) is 5.17. The number of benzene rings is 2. The van der Waals surface area contributed by atoms with E-state index in [1.165, 1.54) is 5.56 Å². The molecule has 0 aliphatic carbocycles. The van der Waals surface area contributed by atoms with Crippen LogP contribution in [0.3, 0.4) is 0 Å². The lowest BCUT2D eigenvalue weighted by atomic mass is 10.1. The molecule has 0 unspecified atom stereocenters. The van der Waals surface area contributed by atoms with E-state index < -0.39 is 0 Å². The number of rotatable bonds is 8. The van der Waals surface area contributed by atoms with Gasteiger partial charge in [0.2, 0.25) is 0 Å². The molecular formula is C18H22ClNO. The van der Waals surface area contributed by atoms with Crippen LogP contribution >= 0.6 is 11.6 Å². The average molecular weight is 304 g/mol. The van der Waals surface area contributed by atoms with Gasteiger partial charge < -0.3 is 10.1 Å². The SMILES string of the molecule is CCCOc1ccc(Cl)cc1NCCCc1ccccc1. The van der Waals surface area contributed by atoms with Gasteiger partial charge in [-0.05, 0) is 43.0 Å². The molecule has 2 aromatic rings. The van der Waals surface area contributed by atoms with Crippen molar-refractivity contribution in [2.45, 2.75) is 26.2 Å². The summed E-state index contributed by atoms with van der Waals surface area (Å²) in [4.78, 5) is 0. The van der Waals surface area contributed by atoms with Crippen molar-refractivity contribution in [1.82, 2.24) is 0 Å². The van der Waals surface area contributed by atoms with Crippen molar-refractivity contribution in [3.05, 3.63) is 59.1 Å². The molecule has 2 rings (SSSR count). The van der Waals surface area contributed by atoms with Gasteiger partial charge in [-0.15, -0.1) is 0 Å². The molecule has 0 bridgehead atoms. The van der Waals surface area contributed by atoms with Crippen LogP contribution in [0.25, 0.3) is 0 Å². The fraction of sp³-hybridized carbons (Fsp3) is 0.333. The molecule has 2 nitrogen and oxygen atoms in total. The summed E-state index contributed by atoms with van der Waals surface area (Å²) in [6, 6.07) is 16.2. The zero-order chi connectivity index (χ0) is 14.9. The van der Waals surface area contributed by atoms with Gasteiger partial charge in [0.25, 0.3) is 0 Å². The van der Waals surface area contributed by atoms with Crippen molar-refractivity contribution < 1.29 is 4.74 Å². The normalized spacial score (nSPS) is 10.4. The van der Waals surface area contributed by atoms with E-state index in [4.69, 9.17) is 16.3 Å². The summed E-state index contributed by atoms with van der Waals surface area (Å²) in [5, 5.41) is 4.15. The van der Waals surface area contributed by atoms with Crippen LogP contribution in [0, 0.1) is 0 Å². The van der Waals surface area contributed by atoms with Gasteiger partial charge in [0.05, 0.1) is 12.3 Å². The molecule has 0 saturated heterocycles. The lowest BCUT2D eigenvalue weighted by molar-refractivity contribution is 0.319. The van der Waals surface area contributed by atoms with Crippen molar-refractivity contribution in [1.29, 1.82) is 0 Å². The van der Waals surface area contributed by atoms with E-state index in [1.807, 2.05) is 24.3 Å². The van der Waals surface area contributed by atoms with Gasteiger partial charge >= 0.3 is 0 Å². The first kappa shape index (κ1) is 15.7. The molecule has 0 aromatic heterocycles. The molecule has 0 radical (unpaired) electrons. The van der Waals surface area contributed by atoms with Crippen molar-refractivity contribution in [2.24, 2.45) is 0 Å². The minimum Gasteiger partial charge on any atom is -0.491 e. The highest BCUT2D eigenvalue weighted by atomic mass is 35.5. The van der Waals surface area contributed by atoms with E-state index in [0.717, 1.165) is 48.9 Å². The van der Waals surface area contributed by atoms with Gasteiger partial charge in [-0.3, -0.25) is 0 Å². The number of hydrogen-bond acceptors (Lipinski definition) is 2. The van der Waals surface area contributed by atoms with Gasteiger partial charge in [-0.25, -0.2) is 0 Å². The highest BCUT2D eigenvalue weighted by Crippen LogP contribution is 2.28. The van der Waals surface area contributed by atoms with Gasteiger partial charge in [0.1, 0.15) is 5.75 Å². The van der Waals surface area contributed by atoms with E-state index >= 15 is 0 Å². The molecule has 0 heterocycles. The van der Waals surface area contributed by atoms with Gasteiger partial charge in [0, 0.05) is 11.6 Å². The second-order valence-electron chi connectivity index (χ2n) is 5.00. The first-order valence-electron chi connectivity index (χ1n) is 7.49. The van der Waals surface area contributed by atoms with Crippen LogP contribution in [0.15, 0.2) is 48.5 Å². The predicted molar refractivity (Wildman–Crippen MR) is 90.5 cm³/mol. The molecule has 3 heteroatoms. The Balaban J connectivity index is 1.85. The van der Waals surface area contributed by atoms with Gasteiger partial charge in [-0.1, -0.05) is 48.9 Å². The quantitative estimate of drug-likeness (QED) is 0.679. The van der Waals surface area contributed by atoms with E-state index in [2.05, 4.69) is 36.5 Å². The molecule has 0 spiro atoms. The third kappa shape index (κ3) is 5.31. The molecule has 0 saturated carbocycles. The molecule has 2 aromatic carbocycles. The summed E-state index contributed by atoms with van der Waals surface area (Å²) in [7, 11) is 0. The zero-order valence-electron chi connectivity index (χ0n) is 12.4. The van der Waals surface area contributed by atoms with E-state index in [0.29, 0.717) is 0 Å². The van der Waals surface area contributed by atoms with Crippen molar-refractivity contribution in [3.63, 3.8) is 0 Å². The smallest absolute Gasteiger partial charge is 0.142 e. The van der Waals surface area contributed by atoms with Crippen LogP contribution in [-0.4, -0.2) is 13.2 Å². The third-order valence-corrected chi connectivity index (χ3v) is 3.44. The van der Waals surface area contributed by atoms with Crippen LogP contribution in [0.4, 0.5) is 5.69 Å². The Labute approximate surface area is 132 Å². The van der Waals surface area contributed by atoms with E-state index in [1.54, 1.807) is 0 Å². The maximum absolute atomic E-state index is 6.06. The van der Waals surface area contributed by atoms with Crippen LogP contribution in [-0.2, 0) is 6.42 Å². The number of hydrogen-bond donors (Lipinski definition) is 1. The van der Waals surface area contributed by atoms with Gasteiger partial charge in [0.15, 0.2) is 0 Å². The van der Waals surface area contributed by atoms with Crippen LogP contribution in [0.5, 0.6) is 5.75 Å². The molecule has 21 heavy (non-hydrogen) atoms. The second-order valence-corrected chi connectivity index (χ2v) is 5.44. The Hall–Kier alpha value is -1.67. The summed E-state index contributed by atoms with van der Waals surface area (Å²) in [6.07, 6.45) is 3.14. The Kier molecular flexibility index (Phi) is 6.42. The topological polar surface area (TPSA) is 21.3 Å². The summed E-state index contributed by atoms with van der Waals surface area (Å²) in [5.41, 5.74) is 2.34. The maximum atomic E-state index is 6.06. The molecule has 1 N–H and O–H groups in total. The van der Waals surface area contributed by atoms with Gasteiger partial charge in [-0.2, -0.15) is 0 Å². The summed E-state index contributed by atoms with van der Waals surface area (Å²) in [6.45, 7) is 3.72. The number of halogens is 1. The van der Waals surface area contributed by atoms with E-state index in [9.17, 15) is 0 Å². The third-order valence-electron chi connectivity index (χ3n) is 3.20. The first-order valence-corrected chi connectivity index (χ1v) is 7.87. The Morgan fingerprint density at radius 3 is 2.67 bits per heavy atom. The number of anilines is 1. The Bertz CT molecular complexity index is 542. The number of nitrogens with one attached hydrogen (secondary N) is 1. The summed E-state index contributed by atoms with van der Waals surface area (Å²) >= 11 is 6.06. The number of aryl methyl sites for hydroxylation is 1. The fourth-order valence-electron chi connectivity index (χ4n) is 2.14. The molecule has 0 atom stereocenters. The molecule has 0 amide bonds. The van der Waals surface area contributed by atoms with Crippen LogP contribution < -0.4 is 10.1 Å². The fourth-order valence-corrected chi connectivity index (χ4v) is 2.31. The molecular weight excluding hydrogens is 282 g/mol. The molecule has 0 aliphatic heterocycles. The average Bonchev–Trinajstić information content (AvgIpc) is 2.52. The monoisotopic (exact) mass is 303 g/mol. The highest BCUT2D eigenvalue weighted by Gasteiger charge is 2.04. The van der Waals surface area contributed by atoms with Crippen molar-refractivity contribution >= 4 is 17.3 Å². The van der Waals surface area contributed by atoms with Crippen molar-refractivity contribution in [3.8, 4) is 5.75 Å². The standard InChI is InChI=1S/C18H22ClNO/c1-2-13-21-18-11-10-16(19)14-17(18)20-12-6-9-15-7-4-3-5-8-15/h3-5,7-8,10-11,14,20H,2,6,9,12-13H2,1H3. The lowest BCUT2D eigenvalue weighted by Gasteiger charge is -2.13. The Morgan fingerprint density at radius 1 is 1.10 bits per heavy atom.